The van der Waals surface area contributed by atoms with Crippen LogP contribution in [0.5, 0.6) is 0 Å². The Labute approximate surface area is 102 Å². The van der Waals surface area contributed by atoms with Crippen molar-refractivity contribution < 1.29 is 10.2 Å². The molecule has 2 N–H and O–H groups in total. The summed E-state index contributed by atoms with van der Waals surface area (Å²) < 4.78 is 0. The lowest BCUT2D eigenvalue weighted by atomic mass is 10.0. The topological polar surface area (TPSA) is 53.4 Å². The van der Waals surface area contributed by atoms with Gasteiger partial charge < -0.3 is 10.2 Å². The first-order chi connectivity index (χ1) is 7.74. The summed E-state index contributed by atoms with van der Waals surface area (Å²) in [6.45, 7) is 0. The summed E-state index contributed by atoms with van der Waals surface area (Å²) in [5, 5.41) is 20.9. The van der Waals surface area contributed by atoms with Crippen molar-refractivity contribution in [1.82, 2.24) is 4.98 Å². The Balaban J connectivity index is 2.52. The zero-order valence-electron chi connectivity index (χ0n) is 8.55. The van der Waals surface area contributed by atoms with Gasteiger partial charge >= 0.3 is 0 Å². The van der Waals surface area contributed by atoms with Crippen LogP contribution in [0.3, 0.4) is 0 Å². The molecule has 0 bridgehead atoms. The Morgan fingerprint density at radius 1 is 1.19 bits per heavy atom. The number of nitrogens with zero attached hydrogens (tertiary/aromatic N) is 1. The van der Waals surface area contributed by atoms with Crippen LogP contribution in [0.2, 0.25) is 0 Å². The summed E-state index contributed by atoms with van der Waals surface area (Å²) in [6, 6.07) is 9.34. The molecule has 84 valence electrons. The predicted molar refractivity (Wildman–Crippen MR) is 66.5 cm³/mol. The lowest BCUT2D eigenvalue weighted by molar-refractivity contribution is 0.0351. The van der Waals surface area contributed by atoms with Gasteiger partial charge in [-0.1, -0.05) is 40.2 Å². The molecule has 16 heavy (non-hydrogen) atoms. The Kier molecular flexibility index (Phi) is 3.53. The highest BCUT2D eigenvalue weighted by Crippen LogP contribution is 2.25. The molecule has 1 heterocycles. The maximum atomic E-state index is 9.97. The smallest absolute Gasteiger partial charge is 0.108 e. The first-order valence-electron chi connectivity index (χ1n) is 5.00. The average molecular weight is 282 g/mol. The number of pyridine rings is 1. The van der Waals surface area contributed by atoms with Gasteiger partial charge in [0.2, 0.25) is 0 Å². The quantitative estimate of drug-likeness (QED) is 0.847. The van der Waals surface area contributed by atoms with E-state index in [-0.39, 0.29) is 0 Å². The molecular formula is C12H12BrNO2. The molecule has 2 unspecified atom stereocenters. The van der Waals surface area contributed by atoms with E-state index in [1.807, 2.05) is 24.3 Å². The molecule has 2 aromatic rings. The van der Waals surface area contributed by atoms with Crippen LogP contribution in [0.4, 0.5) is 0 Å². The minimum atomic E-state index is -0.919. The minimum Gasteiger partial charge on any atom is -0.389 e. The number of rotatable bonds is 3. The van der Waals surface area contributed by atoms with E-state index in [1.165, 1.54) is 0 Å². The molecule has 0 fully saturated rings. The fourth-order valence-corrected chi connectivity index (χ4v) is 2.01. The van der Waals surface area contributed by atoms with E-state index in [0.717, 1.165) is 10.9 Å². The lowest BCUT2D eigenvalue weighted by Crippen LogP contribution is -2.19. The van der Waals surface area contributed by atoms with Crippen molar-refractivity contribution in [3.8, 4) is 0 Å². The van der Waals surface area contributed by atoms with Gasteiger partial charge in [0, 0.05) is 22.5 Å². The molecule has 1 aromatic heterocycles. The molecule has 0 radical (unpaired) electrons. The van der Waals surface area contributed by atoms with Crippen LogP contribution in [0.25, 0.3) is 10.9 Å². The van der Waals surface area contributed by atoms with Crippen LogP contribution >= 0.6 is 15.9 Å². The van der Waals surface area contributed by atoms with E-state index in [4.69, 9.17) is 0 Å². The third-order valence-corrected chi connectivity index (χ3v) is 3.17. The Hall–Kier alpha value is -0.970. The normalized spacial score (nSPS) is 14.9. The number of hydrogen-bond acceptors (Lipinski definition) is 3. The minimum absolute atomic E-state index is 0.331. The highest BCUT2D eigenvalue weighted by molar-refractivity contribution is 9.09. The van der Waals surface area contributed by atoms with Crippen LogP contribution in [0, 0.1) is 0 Å². The zero-order chi connectivity index (χ0) is 11.5. The number of fused-ring (bicyclic) bond motifs is 1. The fraction of sp³-hybridized carbons (Fsp3) is 0.250. The SMILES string of the molecule is OC(CBr)C(O)c1cccc2cccnc12. The van der Waals surface area contributed by atoms with Gasteiger partial charge in [-0.15, -0.1) is 0 Å². The third-order valence-electron chi connectivity index (χ3n) is 2.51. The van der Waals surface area contributed by atoms with Crippen molar-refractivity contribution in [1.29, 1.82) is 0 Å². The number of halogens is 1. The molecule has 0 saturated heterocycles. The lowest BCUT2D eigenvalue weighted by Gasteiger charge is -2.17. The number of aliphatic hydroxyl groups excluding tert-OH is 2. The van der Waals surface area contributed by atoms with Crippen molar-refractivity contribution in [3.63, 3.8) is 0 Å². The number of aromatic nitrogens is 1. The molecule has 1 aromatic carbocycles. The van der Waals surface area contributed by atoms with Gasteiger partial charge in [-0.05, 0) is 6.07 Å². The van der Waals surface area contributed by atoms with Gasteiger partial charge in [-0.3, -0.25) is 4.98 Å². The van der Waals surface area contributed by atoms with Gasteiger partial charge in [0.05, 0.1) is 11.6 Å². The molecular weight excluding hydrogens is 270 g/mol. The Bertz CT molecular complexity index is 484. The summed E-state index contributed by atoms with van der Waals surface area (Å²) in [5.41, 5.74) is 1.39. The van der Waals surface area contributed by atoms with Crippen molar-refractivity contribution in [2.45, 2.75) is 12.2 Å². The molecule has 0 amide bonds. The van der Waals surface area contributed by atoms with E-state index in [1.54, 1.807) is 12.3 Å². The summed E-state index contributed by atoms with van der Waals surface area (Å²) in [5.74, 6) is 0. The van der Waals surface area contributed by atoms with E-state index in [9.17, 15) is 10.2 Å². The summed E-state index contributed by atoms with van der Waals surface area (Å²) >= 11 is 3.15. The molecule has 4 heteroatoms. The number of benzene rings is 1. The highest BCUT2D eigenvalue weighted by Gasteiger charge is 2.19. The van der Waals surface area contributed by atoms with Crippen molar-refractivity contribution in [2.75, 3.05) is 5.33 Å². The van der Waals surface area contributed by atoms with Gasteiger partial charge in [0.15, 0.2) is 0 Å². The molecule has 2 atom stereocenters. The van der Waals surface area contributed by atoms with Gasteiger partial charge in [-0.2, -0.15) is 0 Å². The second-order valence-corrected chi connectivity index (χ2v) is 4.24. The van der Waals surface area contributed by atoms with Crippen LogP contribution in [0.15, 0.2) is 36.5 Å². The van der Waals surface area contributed by atoms with Gasteiger partial charge in [0.25, 0.3) is 0 Å². The number of para-hydroxylation sites is 1. The summed E-state index contributed by atoms with van der Waals surface area (Å²) in [4.78, 5) is 4.23. The van der Waals surface area contributed by atoms with Crippen LogP contribution in [0.1, 0.15) is 11.7 Å². The monoisotopic (exact) mass is 281 g/mol. The van der Waals surface area contributed by atoms with Crippen LogP contribution < -0.4 is 0 Å². The van der Waals surface area contributed by atoms with E-state index in [2.05, 4.69) is 20.9 Å². The number of hydrogen-bond donors (Lipinski definition) is 2. The van der Waals surface area contributed by atoms with E-state index < -0.39 is 12.2 Å². The Morgan fingerprint density at radius 3 is 2.69 bits per heavy atom. The molecule has 2 rings (SSSR count). The van der Waals surface area contributed by atoms with Crippen molar-refractivity contribution in [2.24, 2.45) is 0 Å². The van der Waals surface area contributed by atoms with Gasteiger partial charge in [0.1, 0.15) is 6.10 Å². The number of aliphatic hydroxyl groups is 2. The predicted octanol–water partition coefficient (Wildman–Crippen LogP) is 2.02. The third kappa shape index (κ3) is 2.09. The molecule has 0 aliphatic rings. The van der Waals surface area contributed by atoms with Crippen molar-refractivity contribution in [3.05, 3.63) is 42.1 Å². The summed E-state index contributed by atoms with van der Waals surface area (Å²) in [6.07, 6.45) is -0.0652. The second-order valence-electron chi connectivity index (χ2n) is 3.59. The second kappa shape index (κ2) is 4.91. The molecule has 0 saturated carbocycles. The largest absolute Gasteiger partial charge is 0.389 e. The maximum absolute atomic E-state index is 9.97. The standard InChI is InChI=1S/C12H12BrNO2/c13-7-10(15)12(16)9-5-1-3-8-4-2-6-14-11(8)9/h1-6,10,12,15-16H,7H2. The van der Waals surface area contributed by atoms with Crippen LogP contribution in [-0.4, -0.2) is 26.6 Å². The molecule has 3 nitrogen and oxygen atoms in total. The maximum Gasteiger partial charge on any atom is 0.108 e. The van der Waals surface area contributed by atoms with Crippen LogP contribution in [-0.2, 0) is 0 Å². The van der Waals surface area contributed by atoms with E-state index >= 15 is 0 Å². The zero-order valence-corrected chi connectivity index (χ0v) is 10.1. The fourth-order valence-electron chi connectivity index (χ4n) is 1.66. The molecule has 0 aliphatic carbocycles. The molecule has 0 spiro atoms. The average Bonchev–Trinajstić information content (AvgIpc) is 2.36. The molecule has 0 aliphatic heterocycles. The van der Waals surface area contributed by atoms with Crippen molar-refractivity contribution >= 4 is 26.8 Å². The summed E-state index contributed by atoms with van der Waals surface area (Å²) in [7, 11) is 0. The Morgan fingerprint density at radius 2 is 1.94 bits per heavy atom. The first-order valence-corrected chi connectivity index (χ1v) is 6.12. The van der Waals surface area contributed by atoms with E-state index in [0.29, 0.717) is 10.9 Å². The first kappa shape index (κ1) is 11.5. The number of alkyl halides is 1. The van der Waals surface area contributed by atoms with Gasteiger partial charge in [-0.25, -0.2) is 0 Å². The highest BCUT2D eigenvalue weighted by atomic mass is 79.9.